The number of likely N-dealkylation sites (tertiary alicyclic amines) is 1. The highest BCUT2D eigenvalue weighted by molar-refractivity contribution is 5.90. The molecule has 1 fully saturated rings. The Morgan fingerprint density at radius 2 is 2.10 bits per heavy atom. The van der Waals surface area contributed by atoms with Crippen molar-refractivity contribution in [2.24, 2.45) is 5.92 Å². The molecule has 0 aromatic heterocycles. The summed E-state index contributed by atoms with van der Waals surface area (Å²) in [7, 11) is 0. The molecule has 0 aliphatic carbocycles. The second-order valence-corrected chi connectivity index (χ2v) is 5.12. The number of carboxylic acid groups (broad SMARTS) is 1. The van der Waals surface area contributed by atoms with Gasteiger partial charge in [0.2, 0.25) is 6.79 Å². The maximum atomic E-state index is 12.2. The smallest absolute Gasteiger partial charge is 0.321 e. The van der Waals surface area contributed by atoms with Crippen LogP contribution in [0.3, 0.4) is 0 Å². The van der Waals surface area contributed by atoms with Crippen LogP contribution in [0, 0.1) is 5.92 Å². The largest absolute Gasteiger partial charge is 0.481 e. The van der Waals surface area contributed by atoms with Crippen LogP contribution in [0.25, 0.3) is 0 Å². The summed E-state index contributed by atoms with van der Waals surface area (Å²) in [6.07, 6.45) is 1.31. The van der Waals surface area contributed by atoms with Gasteiger partial charge >= 0.3 is 12.0 Å². The first-order chi connectivity index (χ1) is 10.1. The Morgan fingerprint density at radius 3 is 2.90 bits per heavy atom. The molecule has 1 aromatic rings. The second-order valence-electron chi connectivity index (χ2n) is 5.12. The maximum Gasteiger partial charge on any atom is 0.321 e. The fraction of sp³-hybridized carbons (Fsp3) is 0.429. The number of ether oxygens (including phenoxy) is 2. The molecule has 112 valence electrons. The molecule has 2 aliphatic rings. The molecular weight excluding hydrogens is 276 g/mol. The van der Waals surface area contributed by atoms with Gasteiger partial charge in [0.05, 0.1) is 5.92 Å². The monoisotopic (exact) mass is 292 g/mol. The molecule has 2 amide bonds. The molecule has 1 aromatic carbocycles. The summed E-state index contributed by atoms with van der Waals surface area (Å²) >= 11 is 0. The van der Waals surface area contributed by atoms with Crippen LogP contribution in [0.5, 0.6) is 11.5 Å². The van der Waals surface area contributed by atoms with E-state index in [9.17, 15) is 9.59 Å². The van der Waals surface area contributed by atoms with Crippen LogP contribution in [-0.4, -0.2) is 41.9 Å². The number of benzene rings is 1. The predicted octanol–water partition coefficient (Wildman–Crippen LogP) is 1.74. The molecule has 1 saturated heterocycles. The number of amides is 2. The van der Waals surface area contributed by atoms with Crippen molar-refractivity contribution < 1.29 is 24.2 Å². The van der Waals surface area contributed by atoms with Gasteiger partial charge in [-0.2, -0.15) is 0 Å². The molecule has 3 rings (SSSR count). The minimum Gasteiger partial charge on any atom is -0.481 e. The molecule has 0 bridgehead atoms. The summed E-state index contributed by atoms with van der Waals surface area (Å²) in [5, 5.41) is 11.8. The van der Waals surface area contributed by atoms with E-state index in [1.807, 2.05) is 0 Å². The van der Waals surface area contributed by atoms with Crippen molar-refractivity contribution in [3.63, 3.8) is 0 Å². The van der Waals surface area contributed by atoms with Crippen LogP contribution in [0.15, 0.2) is 18.2 Å². The molecule has 0 spiro atoms. The highest BCUT2D eigenvalue weighted by Gasteiger charge is 2.28. The van der Waals surface area contributed by atoms with Crippen LogP contribution in [0.1, 0.15) is 12.8 Å². The quantitative estimate of drug-likeness (QED) is 0.867. The lowest BCUT2D eigenvalue weighted by Crippen LogP contribution is -2.44. The first-order valence-corrected chi connectivity index (χ1v) is 6.82. The topological polar surface area (TPSA) is 88.1 Å². The molecule has 2 heterocycles. The molecule has 7 nitrogen and oxygen atoms in total. The molecule has 21 heavy (non-hydrogen) atoms. The van der Waals surface area contributed by atoms with Crippen molar-refractivity contribution in [1.29, 1.82) is 0 Å². The van der Waals surface area contributed by atoms with Crippen molar-refractivity contribution in [3.05, 3.63) is 18.2 Å². The van der Waals surface area contributed by atoms with Gasteiger partial charge in [-0.1, -0.05) is 0 Å². The van der Waals surface area contributed by atoms with Crippen LogP contribution >= 0.6 is 0 Å². The lowest BCUT2D eigenvalue weighted by atomic mass is 9.99. The summed E-state index contributed by atoms with van der Waals surface area (Å²) in [4.78, 5) is 24.7. The summed E-state index contributed by atoms with van der Waals surface area (Å²) in [5.74, 6) is -0.0939. The van der Waals surface area contributed by atoms with Gasteiger partial charge in [-0.05, 0) is 25.0 Å². The Kier molecular flexibility index (Phi) is 3.55. The zero-order chi connectivity index (χ0) is 14.8. The molecule has 1 atom stereocenters. The highest BCUT2D eigenvalue weighted by Crippen LogP contribution is 2.34. The van der Waals surface area contributed by atoms with Crippen molar-refractivity contribution in [3.8, 4) is 11.5 Å². The van der Waals surface area contributed by atoms with E-state index in [4.69, 9.17) is 14.6 Å². The van der Waals surface area contributed by atoms with Gasteiger partial charge in [0.1, 0.15) is 0 Å². The highest BCUT2D eigenvalue weighted by atomic mass is 16.7. The third-order valence-corrected chi connectivity index (χ3v) is 3.68. The first-order valence-electron chi connectivity index (χ1n) is 6.82. The van der Waals surface area contributed by atoms with Gasteiger partial charge in [-0.3, -0.25) is 4.79 Å². The van der Waals surface area contributed by atoms with Crippen LogP contribution < -0.4 is 14.8 Å². The van der Waals surface area contributed by atoms with Crippen LogP contribution in [-0.2, 0) is 4.79 Å². The average Bonchev–Trinajstić information content (AvgIpc) is 2.95. The zero-order valence-corrected chi connectivity index (χ0v) is 11.4. The van der Waals surface area contributed by atoms with E-state index in [1.54, 1.807) is 18.2 Å². The number of fused-ring (bicyclic) bond motifs is 1. The van der Waals surface area contributed by atoms with E-state index in [0.717, 1.165) is 0 Å². The van der Waals surface area contributed by atoms with E-state index in [-0.39, 0.29) is 19.4 Å². The fourth-order valence-electron chi connectivity index (χ4n) is 2.54. The van der Waals surface area contributed by atoms with Gasteiger partial charge in [-0.15, -0.1) is 0 Å². The van der Waals surface area contributed by atoms with E-state index >= 15 is 0 Å². The van der Waals surface area contributed by atoms with Crippen LogP contribution in [0.2, 0.25) is 0 Å². The van der Waals surface area contributed by atoms with Gasteiger partial charge in [0, 0.05) is 24.8 Å². The number of nitrogens with zero attached hydrogens (tertiary/aromatic N) is 1. The fourth-order valence-corrected chi connectivity index (χ4v) is 2.54. The molecule has 2 aliphatic heterocycles. The van der Waals surface area contributed by atoms with E-state index < -0.39 is 11.9 Å². The number of hydrogen-bond donors (Lipinski definition) is 2. The summed E-state index contributed by atoms with van der Waals surface area (Å²) < 4.78 is 10.5. The first kappa shape index (κ1) is 13.5. The summed E-state index contributed by atoms with van der Waals surface area (Å²) in [6.45, 7) is 0.991. The molecule has 7 heteroatoms. The van der Waals surface area contributed by atoms with Crippen molar-refractivity contribution in [1.82, 2.24) is 4.90 Å². The Balaban J connectivity index is 1.64. The Hall–Kier alpha value is -2.44. The van der Waals surface area contributed by atoms with Crippen molar-refractivity contribution in [2.45, 2.75) is 12.8 Å². The number of urea groups is 1. The Bertz CT molecular complexity index is 574. The van der Waals surface area contributed by atoms with E-state index in [2.05, 4.69) is 5.32 Å². The Labute approximate surface area is 121 Å². The molecule has 1 unspecified atom stereocenters. The van der Waals surface area contributed by atoms with Crippen molar-refractivity contribution >= 4 is 17.7 Å². The minimum absolute atomic E-state index is 0.180. The predicted molar refractivity (Wildman–Crippen MR) is 73.5 cm³/mol. The standard InChI is InChI=1S/C14H16N2O5/c17-13(18)9-2-1-5-16(7-9)14(19)15-10-3-4-11-12(6-10)21-8-20-11/h3-4,6,9H,1-2,5,7-8H2,(H,15,19)(H,17,18). The average molecular weight is 292 g/mol. The SMILES string of the molecule is O=C(O)C1CCCN(C(=O)Nc2ccc3c(c2)OCO3)C1. The number of anilines is 1. The number of hydrogen-bond acceptors (Lipinski definition) is 4. The number of nitrogens with one attached hydrogen (secondary N) is 1. The van der Waals surface area contributed by atoms with Gasteiger partial charge in [0.15, 0.2) is 11.5 Å². The van der Waals surface area contributed by atoms with Crippen molar-refractivity contribution in [2.75, 3.05) is 25.2 Å². The number of carboxylic acids is 1. The van der Waals surface area contributed by atoms with Gasteiger partial charge < -0.3 is 24.8 Å². The third kappa shape index (κ3) is 2.86. The second kappa shape index (κ2) is 5.51. The molecule has 0 saturated carbocycles. The molecule has 0 radical (unpaired) electrons. The normalized spacial score (nSPS) is 20.2. The lowest BCUT2D eigenvalue weighted by Gasteiger charge is -2.30. The third-order valence-electron chi connectivity index (χ3n) is 3.68. The Morgan fingerprint density at radius 1 is 1.29 bits per heavy atom. The zero-order valence-electron chi connectivity index (χ0n) is 11.4. The lowest BCUT2D eigenvalue weighted by molar-refractivity contribution is -0.143. The summed E-state index contributed by atoms with van der Waals surface area (Å²) in [5.41, 5.74) is 0.599. The number of carbonyl (C=O) groups excluding carboxylic acids is 1. The molecular formula is C14H16N2O5. The molecule has 2 N–H and O–H groups in total. The van der Waals surface area contributed by atoms with Gasteiger partial charge in [0.25, 0.3) is 0 Å². The maximum absolute atomic E-state index is 12.2. The summed E-state index contributed by atoms with van der Waals surface area (Å²) in [6, 6.07) is 4.86. The number of rotatable bonds is 2. The number of piperidine rings is 1. The number of carbonyl (C=O) groups is 2. The number of aliphatic carboxylic acids is 1. The van der Waals surface area contributed by atoms with E-state index in [1.165, 1.54) is 4.90 Å². The van der Waals surface area contributed by atoms with E-state index in [0.29, 0.717) is 36.6 Å². The minimum atomic E-state index is -0.851. The van der Waals surface area contributed by atoms with Gasteiger partial charge in [-0.25, -0.2) is 4.79 Å². The van der Waals surface area contributed by atoms with Crippen LogP contribution in [0.4, 0.5) is 10.5 Å².